The molecular formula is C16H23FN4O. The highest BCUT2D eigenvalue weighted by atomic mass is 19.1. The van der Waals surface area contributed by atoms with E-state index >= 15 is 0 Å². The Morgan fingerprint density at radius 1 is 1.41 bits per heavy atom. The summed E-state index contributed by atoms with van der Waals surface area (Å²) < 4.78 is 14.3. The van der Waals surface area contributed by atoms with Crippen molar-refractivity contribution in [1.82, 2.24) is 20.2 Å². The summed E-state index contributed by atoms with van der Waals surface area (Å²) in [5, 5.41) is 2.91. The van der Waals surface area contributed by atoms with Crippen molar-refractivity contribution in [3.05, 3.63) is 29.8 Å². The molecule has 1 aromatic heterocycles. The number of aromatic amines is 1. The van der Waals surface area contributed by atoms with Crippen molar-refractivity contribution >= 4 is 16.9 Å². The Morgan fingerprint density at radius 2 is 2.14 bits per heavy atom. The van der Waals surface area contributed by atoms with E-state index in [4.69, 9.17) is 0 Å². The largest absolute Gasteiger partial charge is 0.347 e. The highest BCUT2D eigenvalue weighted by molar-refractivity contribution is 5.98. The minimum absolute atomic E-state index is 0.0280. The monoisotopic (exact) mass is 306 g/mol. The molecule has 5 nitrogen and oxygen atoms in total. The molecule has 0 atom stereocenters. The first-order chi connectivity index (χ1) is 10.3. The zero-order valence-electron chi connectivity index (χ0n) is 13.5. The third kappa shape index (κ3) is 3.82. The summed E-state index contributed by atoms with van der Waals surface area (Å²) >= 11 is 0. The number of carbonyl (C=O) groups is 1. The number of aromatic nitrogens is 2. The van der Waals surface area contributed by atoms with Gasteiger partial charge in [-0.25, -0.2) is 9.37 Å². The summed E-state index contributed by atoms with van der Waals surface area (Å²) in [5.41, 5.74) is 0.415. The van der Waals surface area contributed by atoms with Crippen LogP contribution in [0.2, 0.25) is 0 Å². The molecule has 0 unspecified atom stereocenters. The number of benzene rings is 1. The van der Waals surface area contributed by atoms with Crippen LogP contribution in [0.1, 0.15) is 37.0 Å². The van der Waals surface area contributed by atoms with Crippen molar-refractivity contribution in [3.63, 3.8) is 0 Å². The molecule has 1 amide bonds. The van der Waals surface area contributed by atoms with Gasteiger partial charge in [0.15, 0.2) is 5.82 Å². The maximum absolute atomic E-state index is 14.3. The van der Waals surface area contributed by atoms with Gasteiger partial charge in [-0.05, 0) is 59.5 Å². The maximum Gasteiger partial charge on any atom is 0.254 e. The summed E-state index contributed by atoms with van der Waals surface area (Å²) in [4.78, 5) is 21.2. The second-order valence-electron chi connectivity index (χ2n) is 6.47. The standard InChI is InChI=1S/C16H23FN4O/c1-16(2,8-5-9-21(3)4)20-15(22)11-6-7-12-14(13(11)17)19-10-18-12/h6-7,10H,5,8-9H2,1-4H3,(H,18,19)(H,20,22). The molecule has 0 bridgehead atoms. The molecule has 0 fully saturated rings. The lowest BCUT2D eigenvalue weighted by Crippen LogP contribution is -2.44. The first-order valence-corrected chi connectivity index (χ1v) is 7.39. The molecule has 0 aliphatic heterocycles. The van der Waals surface area contributed by atoms with Crippen molar-refractivity contribution in [2.24, 2.45) is 0 Å². The molecule has 2 N–H and O–H groups in total. The quantitative estimate of drug-likeness (QED) is 0.862. The van der Waals surface area contributed by atoms with E-state index in [9.17, 15) is 9.18 Å². The number of halogens is 1. The number of hydrogen-bond donors (Lipinski definition) is 2. The van der Waals surface area contributed by atoms with Gasteiger partial charge in [-0.15, -0.1) is 0 Å². The van der Waals surface area contributed by atoms with Crippen molar-refractivity contribution in [2.45, 2.75) is 32.2 Å². The molecule has 2 rings (SSSR count). The maximum atomic E-state index is 14.3. The summed E-state index contributed by atoms with van der Waals surface area (Å²) in [6.45, 7) is 4.85. The van der Waals surface area contributed by atoms with Crippen LogP contribution in [0.25, 0.3) is 11.0 Å². The molecule has 0 saturated carbocycles. The van der Waals surface area contributed by atoms with E-state index in [1.807, 2.05) is 27.9 Å². The number of hydrogen-bond acceptors (Lipinski definition) is 3. The zero-order chi connectivity index (χ0) is 16.3. The van der Waals surface area contributed by atoms with E-state index in [-0.39, 0.29) is 16.6 Å². The number of fused-ring (bicyclic) bond motifs is 1. The van der Waals surface area contributed by atoms with Gasteiger partial charge in [0, 0.05) is 5.54 Å². The van der Waals surface area contributed by atoms with Gasteiger partial charge in [-0.1, -0.05) is 0 Å². The van der Waals surface area contributed by atoms with Crippen LogP contribution in [-0.4, -0.2) is 47.0 Å². The number of nitrogens with zero attached hydrogens (tertiary/aromatic N) is 2. The van der Waals surface area contributed by atoms with Gasteiger partial charge < -0.3 is 15.2 Å². The first kappa shape index (κ1) is 16.4. The Balaban J connectivity index is 2.08. The molecule has 0 aliphatic rings. The van der Waals surface area contributed by atoms with Gasteiger partial charge in [0.1, 0.15) is 5.52 Å². The van der Waals surface area contributed by atoms with Crippen molar-refractivity contribution in [3.8, 4) is 0 Å². The normalized spacial score (nSPS) is 12.1. The second kappa shape index (κ2) is 6.44. The van der Waals surface area contributed by atoms with Gasteiger partial charge >= 0.3 is 0 Å². The van der Waals surface area contributed by atoms with Crippen LogP contribution >= 0.6 is 0 Å². The Hall–Kier alpha value is -1.95. The lowest BCUT2D eigenvalue weighted by molar-refractivity contribution is 0.0903. The number of amides is 1. The molecule has 6 heteroatoms. The van der Waals surface area contributed by atoms with Crippen LogP contribution in [0.15, 0.2) is 18.5 Å². The van der Waals surface area contributed by atoms with Crippen LogP contribution in [0.4, 0.5) is 4.39 Å². The molecule has 0 aliphatic carbocycles. The molecule has 2 aromatic rings. The van der Waals surface area contributed by atoms with E-state index in [1.54, 1.807) is 6.07 Å². The Bertz CT molecular complexity index is 663. The number of H-pyrrole nitrogens is 1. The van der Waals surface area contributed by atoms with Gasteiger partial charge in [0.2, 0.25) is 0 Å². The Morgan fingerprint density at radius 3 is 2.82 bits per heavy atom. The van der Waals surface area contributed by atoms with Crippen LogP contribution in [0, 0.1) is 5.82 Å². The average molecular weight is 306 g/mol. The first-order valence-electron chi connectivity index (χ1n) is 7.39. The number of carbonyl (C=O) groups excluding carboxylic acids is 1. The molecule has 1 heterocycles. The zero-order valence-corrected chi connectivity index (χ0v) is 13.5. The van der Waals surface area contributed by atoms with Crippen LogP contribution in [-0.2, 0) is 0 Å². The fourth-order valence-corrected chi connectivity index (χ4v) is 2.42. The minimum atomic E-state index is -0.583. The second-order valence-corrected chi connectivity index (χ2v) is 6.47. The van der Waals surface area contributed by atoms with Gasteiger partial charge in [-0.3, -0.25) is 4.79 Å². The predicted molar refractivity (Wildman–Crippen MR) is 85.4 cm³/mol. The molecule has 0 radical (unpaired) electrons. The number of imidazole rings is 1. The smallest absolute Gasteiger partial charge is 0.254 e. The van der Waals surface area contributed by atoms with Gasteiger partial charge in [-0.2, -0.15) is 0 Å². The summed E-state index contributed by atoms with van der Waals surface area (Å²) in [6, 6.07) is 3.15. The van der Waals surface area contributed by atoms with Crippen LogP contribution in [0.3, 0.4) is 0 Å². The number of nitrogens with one attached hydrogen (secondary N) is 2. The predicted octanol–water partition coefficient (Wildman–Crippen LogP) is 2.55. The fourth-order valence-electron chi connectivity index (χ4n) is 2.42. The minimum Gasteiger partial charge on any atom is -0.347 e. The van der Waals surface area contributed by atoms with Crippen LogP contribution < -0.4 is 5.32 Å². The SMILES string of the molecule is CN(C)CCCC(C)(C)NC(=O)c1ccc2[nH]cnc2c1F. The van der Waals surface area contributed by atoms with E-state index in [0.29, 0.717) is 5.52 Å². The molecule has 0 saturated heterocycles. The molecular weight excluding hydrogens is 283 g/mol. The molecule has 0 spiro atoms. The highest BCUT2D eigenvalue weighted by Gasteiger charge is 2.23. The van der Waals surface area contributed by atoms with Crippen molar-refractivity contribution < 1.29 is 9.18 Å². The molecule has 1 aromatic carbocycles. The topological polar surface area (TPSA) is 61.0 Å². The van der Waals surface area contributed by atoms with Crippen molar-refractivity contribution in [2.75, 3.05) is 20.6 Å². The van der Waals surface area contributed by atoms with E-state index in [1.165, 1.54) is 12.4 Å². The summed E-state index contributed by atoms with van der Waals surface area (Å²) in [5.74, 6) is -0.988. The lowest BCUT2D eigenvalue weighted by atomic mass is 9.97. The van der Waals surface area contributed by atoms with Gasteiger partial charge in [0.25, 0.3) is 5.91 Å². The van der Waals surface area contributed by atoms with Crippen LogP contribution in [0.5, 0.6) is 0 Å². The van der Waals surface area contributed by atoms with Gasteiger partial charge in [0.05, 0.1) is 17.4 Å². The third-order valence-electron chi connectivity index (χ3n) is 3.63. The van der Waals surface area contributed by atoms with Crippen molar-refractivity contribution in [1.29, 1.82) is 0 Å². The Kier molecular flexibility index (Phi) is 4.81. The van der Waals surface area contributed by atoms with E-state index in [2.05, 4.69) is 20.2 Å². The lowest BCUT2D eigenvalue weighted by Gasteiger charge is -2.27. The third-order valence-corrected chi connectivity index (χ3v) is 3.63. The number of rotatable bonds is 6. The highest BCUT2D eigenvalue weighted by Crippen LogP contribution is 2.19. The van der Waals surface area contributed by atoms with E-state index < -0.39 is 11.7 Å². The summed E-state index contributed by atoms with van der Waals surface area (Å²) in [7, 11) is 4.03. The molecule has 120 valence electrons. The average Bonchev–Trinajstić information content (AvgIpc) is 2.86. The summed E-state index contributed by atoms with van der Waals surface area (Å²) in [6.07, 6.45) is 3.20. The molecule has 22 heavy (non-hydrogen) atoms. The van der Waals surface area contributed by atoms with E-state index in [0.717, 1.165) is 19.4 Å². The Labute approximate surface area is 129 Å². The fraction of sp³-hybridized carbons (Fsp3) is 0.500.